The first-order valence-corrected chi connectivity index (χ1v) is 4.42. The van der Waals surface area contributed by atoms with Crippen molar-refractivity contribution in [3.8, 4) is 0 Å². The predicted molar refractivity (Wildman–Crippen MR) is 54.2 cm³/mol. The molecule has 0 saturated carbocycles. The Bertz CT molecular complexity index is 246. The number of anilines is 1. The highest BCUT2D eigenvalue weighted by atomic mass is 14.5. The van der Waals surface area contributed by atoms with Crippen molar-refractivity contribution in [1.82, 2.24) is 0 Å². The molecule has 0 aliphatic heterocycles. The van der Waals surface area contributed by atoms with Crippen molar-refractivity contribution < 1.29 is 0 Å². The summed E-state index contributed by atoms with van der Waals surface area (Å²) in [6.07, 6.45) is 1.15. The molecule has 0 aliphatic carbocycles. The van der Waals surface area contributed by atoms with Gasteiger partial charge in [0.2, 0.25) is 0 Å². The molecule has 1 aromatic carbocycles. The number of nitrogens with two attached hydrogens (primary N) is 1. The van der Waals surface area contributed by atoms with E-state index in [9.17, 15) is 0 Å². The molecule has 0 amide bonds. The van der Waals surface area contributed by atoms with E-state index in [2.05, 4.69) is 32.9 Å². The second kappa shape index (κ2) is 3.18. The van der Waals surface area contributed by atoms with Crippen LogP contribution in [0.15, 0.2) is 24.3 Å². The predicted octanol–water partition coefficient (Wildman–Crippen LogP) is 2.96. The van der Waals surface area contributed by atoms with Gasteiger partial charge in [-0.15, -0.1) is 0 Å². The number of benzene rings is 1. The van der Waals surface area contributed by atoms with Gasteiger partial charge in [0.25, 0.3) is 0 Å². The van der Waals surface area contributed by atoms with Crippen LogP contribution in [0.5, 0.6) is 0 Å². The summed E-state index contributed by atoms with van der Waals surface area (Å²) in [6.45, 7) is 6.70. The van der Waals surface area contributed by atoms with Gasteiger partial charge in [-0.05, 0) is 29.5 Å². The Morgan fingerprint density at radius 3 is 2.08 bits per heavy atom. The fourth-order valence-electron chi connectivity index (χ4n) is 1.14. The van der Waals surface area contributed by atoms with Gasteiger partial charge in [-0.1, -0.05) is 32.9 Å². The van der Waals surface area contributed by atoms with Gasteiger partial charge in [-0.3, -0.25) is 0 Å². The van der Waals surface area contributed by atoms with Gasteiger partial charge in [-0.25, -0.2) is 0 Å². The van der Waals surface area contributed by atoms with Gasteiger partial charge < -0.3 is 5.73 Å². The molecule has 0 spiro atoms. The SMILES string of the molecule is CCC(C)(C)c1ccc(N)cc1. The lowest BCUT2D eigenvalue weighted by Gasteiger charge is -2.23. The maximum atomic E-state index is 5.61. The summed E-state index contributed by atoms with van der Waals surface area (Å²) in [4.78, 5) is 0. The van der Waals surface area contributed by atoms with Gasteiger partial charge in [0.15, 0.2) is 0 Å². The average Bonchev–Trinajstić information content (AvgIpc) is 2.05. The van der Waals surface area contributed by atoms with E-state index in [4.69, 9.17) is 5.73 Å². The molecule has 12 heavy (non-hydrogen) atoms. The first kappa shape index (κ1) is 9.11. The van der Waals surface area contributed by atoms with E-state index in [1.165, 1.54) is 5.56 Å². The second-order valence-corrected chi connectivity index (χ2v) is 3.86. The standard InChI is InChI=1S/C11H17N/c1-4-11(2,3)9-5-7-10(12)8-6-9/h5-8H,4,12H2,1-3H3. The molecule has 0 aliphatic rings. The van der Waals surface area contributed by atoms with Crippen molar-refractivity contribution in [3.63, 3.8) is 0 Å². The minimum absolute atomic E-state index is 0.272. The molecule has 0 bridgehead atoms. The number of hydrogen-bond acceptors (Lipinski definition) is 1. The minimum atomic E-state index is 0.272. The summed E-state index contributed by atoms with van der Waals surface area (Å²) in [7, 11) is 0. The normalized spacial score (nSPS) is 11.6. The van der Waals surface area contributed by atoms with E-state index in [0.29, 0.717) is 0 Å². The summed E-state index contributed by atoms with van der Waals surface area (Å²) in [5, 5.41) is 0. The fourth-order valence-corrected chi connectivity index (χ4v) is 1.14. The zero-order valence-electron chi connectivity index (χ0n) is 8.09. The topological polar surface area (TPSA) is 26.0 Å². The zero-order chi connectivity index (χ0) is 9.19. The molecule has 0 aromatic heterocycles. The summed E-state index contributed by atoms with van der Waals surface area (Å²) >= 11 is 0. The molecule has 1 nitrogen and oxygen atoms in total. The molecule has 0 atom stereocenters. The number of hydrogen-bond donors (Lipinski definition) is 1. The Labute approximate surface area is 74.6 Å². The Kier molecular flexibility index (Phi) is 2.41. The smallest absolute Gasteiger partial charge is 0.0314 e. The first-order valence-electron chi connectivity index (χ1n) is 4.42. The molecular weight excluding hydrogens is 146 g/mol. The van der Waals surface area contributed by atoms with Crippen molar-refractivity contribution >= 4 is 5.69 Å². The van der Waals surface area contributed by atoms with Gasteiger partial charge in [-0.2, -0.15) is 0 Å². The van der Waals surface area contributed by atoms with Crippen LogP contribution < -0.4 is 5.73 Å². The van der Waals surface area contributed by atoms with Gasteiger partial charge >= 0.3 is 0 Å². The largest absolute Gasteiger partial charge is 0.399 e. The van der Waals surface area contributed by atoms with E-state index in [1.54, 1.807) is 0 Å². The fraction of sp³-hybridized carbons (Fsp3) is 0.455. The lowest BCUT2D eigenvalue weighted by molar-refractivity contribution is 0.506. The van der Waals surface area contributed by atoms with Crippen LogP contribution in [0.2, 0.25) is 0 Å². The zero-order valence-corrected chi connectivity index (χ0v) is 8.09. The molecule has 0 saturated heterocycles. The Morgan fingerprint density at radius 1 is 1.17 bits per heavy atom. The van der Waals surface area contributed by atoms with Crippen LogP contribution in [0.3, 0.4) is 0 Å². The quantitative estimate of drug-likeness (QED) is 0.666. The Balaban J connectivity index is 2.96. The van der Waals surface area contributed by atoms with Crippen molar-refractivity contribution in [1.29, 1.82) is 0 Å². The van der Waals surface area contributed by atoms with Crippen LogP contribution in [-0.2, 0) is 5.41 Å². The van der Waals surface area contributed by atoms with E-state index < -0.39 is 0 Å². The van der Waals surface area contributed by atoms with E-state index in [1.807, 2.05) is 12.1 Å². The first-order chi connectivity index (χ1) is 5.56. The molecule has 1 rings (SSSR count). The van der Waals surface area contributed by atoms with Gasteiger partial charge in [0.1, 0.15) is 0 Å². The maximum absolute atomic E-state index is 5.61. The van der Waals surface area contributed by atoms with Crippen molar-refractivity contribution in [3.05, 3.63) is 29.8 Å². The summed E-state index contributed by atoms with van der Waals surface area (Å²) in [6, 6.07) is 8.15. The average molecular weight is 163 g/mol. The van der Waals surface area contributed by atoms with Crippen LogP contribution in [0.4, 0.5) is 5.69 Å². The number of nitrogen functional groups attached to an aromatic ring is 1. The monoisotopic (exact) mass is 163 g/mol. The van der Waals surface area contributed by atoms with E-state index in [0.717, 1.165) is 12.1 Å². The Morgan fingerprint density at radius 2 is 1.67 bits per heavy atom. The Hall–Kier alpha value is -0.980. The third kappa shape index (κ3) is 1.79. The summed E-state index contributed by atoms with van der Waals surface area (Å²) < 4.78 is 0. The second-order valence-electron chi connectivity index (χ2n) is 3.86. The molecule has 0 unspecified atom stereocenters. The van der Waals surface area contributed by atoms with Crippen molar-refractivity contribution in [2.45, 2.75) is 32.6 Å². The summed E-state index contributed by atoms with van der Waals surface area (Å²) in [5.41, 5.74) is 8.08. The highest BCUT2D eigenvalue weighted by Gasteiger charge is 2.16. The lowest BCUT2D eigenvalue weighted by atomic mass is 9.82. The van der Waals surface area contributed by atoms with E-state index >= 15 is 0 Å². The van der Waals surface area contributed by atoms with Crippen LogP contribution >= 0.6 is 0 Å². The molecule has 66 valence electrons. The van der Waals surface area contributed by atoms with Crippen LogP contribution in [-0.4, -0.2) is 0 Å². The van der Waals surface area contributed by atoms with Crippen LogP contribution in [0, 0.1) is 0 Å². The molecule has 1 heteroatoms. The third-order valence-corrected chi connectivity index (χ3v) is 2.58. The lowest BCUT2D eigenvalue weighted by Crippen LogP contribution is -2.15. The summed E-state index contributed by atoms with van der Waals surface area (Å²) in [5.74, 6) is 0. The molecule has 2 N–H and O–H groups in total. The highest BCUT2D eigenvalue weighted by molar-refractivity contribution is 5.41. The van der Waals surface area contributed by atoms with Crippen LogP contribution in [0.25, 0.3) is 0 Å². The number of rotatable bonds is 2. The van der Waals surface area contributed by atoms with Crippen LogP contribution in [0.1, 0.15) is 32.8 Å². The molecule has 0 heterocycles. The van der Waals surface area contributed by atoms with Crippen molar-refractivity contribution in [2.24, 2.45) is 0 Å². The van der Waals surface area contributed by atoms with Crippen molar-refractivity contribution in [2.75, 3.05) is 5.73 Å². The molecule has 0 fully saturated rings. The third-order valence-electron chi connectivity index (χ3n) is 2.58. The molecular formula is C11H17N. The molecule has 1 aromatic rings. The maximum Gasteiger partial charge on any atom is 0.0314 e. The van der Waals surface area contributed by atoms with Gasteiger partial charge in [0.05, 0.1) is 0 Å². The van der Waals surface area contributed by atoms with Gasteiger partial charge in [0, 0.05) is 5.69 Å². The van der Waals surface area contributed by atoms with E-state index in [-0.39, 0.29) is 5.41 Å². The molecule has 0 radical (unpaired) electrons. The highest BCUT2D eigenvalue weighted by Crippen LogP contribution is 2.26. The minimum Gasteiger partial charge on any atom is -0.399 e.